The molecule has 0 saturated heterocycles. The fourth-order valence-electron chi connectivity index (χ4n) is 0.688. The Morgan fingerprint density at radius 3 is 2.33 bits per heavy atom. The van der Waals surface area contributed by atoms with Gasteiger partial charge in [-0.2, -0.15) is 0 Å². The van der Waals surface area contributed by atoms with Gasteiger partial charge in [-0.25, -0.2) is 4.79 Å². The molecule has 0 atom stereocenters. The molecule has 0 unspecified atom stereocenters. The van der Waals surface area contributed by atoms with Crippen molar-refractivity contribution in [1.82, 2.24) is 0 Å². The number of rotatable bonds is 2. The summed E-state index contributed by atoms with van der Waals surface area (Å²) < 4.78 is 4.76. The predicted octanol–water partition coefficient (Wildman–Crippen LogP) is -4.64. The molecule has 2 nitrogen and oxygen atoms in total. The predicted molar refractivity (Wildman–Crippen MR) is 40.9 cm³/mol. The van der Waals surface area contributed by atoms with Crippen molar-refractivity contribution in [3.8, 4) is 0 Å². The minimum atomic E-state index is -0.308. The second kappa shape index (κ2) is 14.7. The Labute approximate surface area is 136 Å². The van der Waals surface area contributed by atoms with E-state index in [0.29, 0.717) is 12.2 Å². The van der Waals surface area contributed by atoms with Crippen molar-refractivity contribution in [2.24, 2.45) is 0 Å². The van der Waals surface area contributed by atoms with Gasteiger partial charge in [-0.1, -0.05) is 11.5 Å². The quantitative estimate of drug-likeness (QED) is 0.246. The second-order valence-electron chi connectivity index (χ2n) is 1.94. The van der Waals surface area contributed by atoms with E-state index in [1.165, 1.54) is 0 Å². The number of carbonyl (C=O) groups excluding carboxylic acids is 1. The maximum absolute atomic E-state index is 11.0. The normalized spacial score (nSPS) is 9.53. The molecule has 0 aromatic heterocycles. The summed E-state index contributed by atoms with van der Waals surface area (Å²) in [5, 5.41) is 0. The average molecular weight is 439 g/mol. The van der Waals surface area contributed by atoms with Gasteiger partial charge in [-0.05, 0) is 19.1 Å². The van der Waals surface area contributed by atoms with Gasteiger partial charge in [0.05, 0.1) is 12.2 Å². The maximum atomic E-state index is 11.0. The number of allylic oxidation sites excluding steroid dienone is 2. The van der Waals surface area contributed by atoms with E-state index in [1.54, 1.807) is 25.2 Å². The molecular weight excluding hydrogens is 431 g/mol. The molecular formula is C9H8Br2O2Zn2-2. The number of carbonyl (C=O) groups is 1. The van der Waals surface area contributed by atoms with E-state index >= 15 is 0 Å². The summed E-state index contributed by atoms with van der Waals surface area (Å²) in [7, 11) is 0. The zero-order valence-corrected chi connectivity index (χ0v) is 17.5. The largest absolute Gasteiger partial charge is 1.00 e. The van der Waals surface area contributed by atoms with Crippen LogP contribution in [0.3, 0.4) is 0 Å². The molecule has 0 heterocycles. The summed E-state index contributed by atoms with van der Waals surface area (Å²) in [6.07, 6.45) is 4.83. The summed E-state index contributed by atoms with van der Waals surface area (Å²) in [6.45, 7) is 2.17. The molecule has 0 N–H and O–H groups in total. The first-order chi connectivity index (χ1) is 5.34. The summed E-state index contributed by atoms with van der Waals surface area (Å²) in [6, 6.07) is 0. The van der Waals surface area contributed by atoms with Crippen molar-refractivity contribution in [1.29, 1.82) is 0 Å². The Morgan fingerprint density at radius 2 is 1.93 bits per heavy atom. The van der Waals surface area contributed by atoms with Gasteiger partial charge in [0, 0.05) is 45.0 Å². The van der Waals surface area contributed by atoms with Crippen LogP contribution in [0, 0.1) is 0 Å². The van der Waals surface area contributed by atoms with Crippen LogP contribution in [0.5, 0.6) is 0 Å². The van der Waals surface area contributed by atoms with Crippen LogP contribution >= 0.6 is 0 Å². The second-order valence-corrected chi connectivity index (χ2v) is 1.94. The van der Waals surface area contributed by atoms with Gasteiger partial charge in [0.25, 0.3) is 0 Å². The average Bonchev–Trinajstić information content (AvgIpc) is 2.07. The van der Waals surface area contributed by atoms with Crippen molar-refractivity contribution < 1.29 is 82.5 Å². The Balaban J connectivity index is -0.000000151. The van der Waals surface area contributed by atoms with Crippen molar-refractivity contribution in [2.45, 2.75) is 6.92 Å². The third-order valence-corrected chi connectivity index (χ3v) is 1.17. The maximum Gasteiger partial charge on any atom is 0.338 e. The third-order valence-electron chi connectivity index (χ3n) is 1.17. The molecule has 0 aromatic rings. The van der Waals surface area contributed by atoms with Crippen LogP contribution in [0.15, 0.2) is 35.3 Å². The van der Waals surface area contributed by atoms with Gasteiger partial charge in [0.15, 0.2) is 0 Å². The SMILES string of the molecule is CCOC(=O)C1=CC=C=C=C1.[Br-].[Br-].[Zn].[Zn]. The fourth-order valence-corrected chi connectivity index (χ4v) is 0.688. The standard InChI is InChI=1S/C9H8O2.2BrH.2Zn/c1-2-11-9(10)8-6-4-3-5-7-8;;;;/h4,6-7H,2H2,1H3;2*1H;;/p-2. The van der Waals surface area contributed by atoms with Crippen molar-refractivity contribution in [3.05, 3.63) is 35.3 Å². The van der Waals surface area contributed by atoms with E-state index in [9.17, 15) is 4.79 Å². The molecule has 1 aliphatic carbocycles. The summed E-state index contributed by atoms with van der Waals surface area (Å²) in [4.78, 5) is 11.0. The molecule has 0 aromatic carbocycles. The van der Waals surface area contributed by atoms with Gasteiger partial charge >= 0.3 is 5.97 Å². The zero-order chi connectivity index (χ0) is 8.10. The van der Waals surface area contributed by atoms with E-state index in [1.807, 2.05) is 0 Å². The molecule has 0 amide bonds. The summed E-state index contributed by atoms with van der Waals surface area (Å²) >= 11 is 0. The number of ether oxygens (including phenoxy) is 1. The Bertz CT molecular complexity index is 301. The Kier molecular flexibility index (Phi) is 24.3. The van der Waals surface area contributed by atoms with Crippen LogP contribution in [0.4, 0.5) is 0 Å². The molecule has 0 saturated carbocycles. The first-order valence-corrected chi connectivity index (χ1v) is 3.39. The van der Waals surface area contributed by atoms with Crippen LogP contribution in [0.2, 0.25) is 0 Å². The molecule has 15 heavy (non-hydrogen) atoms. The molecule has 0 radical (unpaired) electrons. The number of esters is 1. The Hall–Kier alpha value is 0.717. The Morgan fingerprint density at radius 1 is 1.33 bits per heavy atom. The molecule has 0 spiro atoms. The molecule has 0 bridgehead atoms. The molecule has 1 aliphatic rings. The van der Waals surface area contributed by atoms with Gasteiger partial charge in [-0.3, -0.25) is 0 Å². The first kappa shape index (κ1) is 24.8. The van der Waals surface area contributed by atoms with Gasteiger partial charge in [-0.15, -0.1) is 0 Å². The van der Waals surface area contributed by atoms with E-state index in [4.69, 9.17) is 4.74 Å². The number of hydrogen-bond donors (Lipinski definition) is 0. The van der Waals surface area contributed by atoms with Crippen LogP contribution in [0.25, 0.3) is 0 Å². The van der Waals surface area contributed by atoms with Gasteiger partial charge < -0.3 is 38.7 Å². The van der Waals surface area contributed by atoms with Crippen LogP contribution in [0.1, 0.15) is 6.92 Å². The zero-order valence-electron chi connectivity index (χ0n) is 8.43. The molecule has 6 heteroatoms. The molecule has 76 valence electrons. The van der Waals surface area contributed by atoms with Crippen molar-refractivity contribution >= 4 is 5.97 Å². The van der Waals surface area contributed by atoms with Crippen LogP contribution in [-0.4, -0.2) is 12.6 Å². The smallest absolute Gasteiger partial charge is 0.338 e. The van der Waals surface area contributed by atoms with E-state index in [0.717, 1.165) is 0 Å². The fraction of sp³-hybridized carbons (Fsp3) is 0.222. The minimum absolute atomic E-state index is 0. The van der Waals surface area contributed by atoms with E-state index < -0.39 is 0 Å². The summed E-state index contributed by atoms with van der Waals surface area (Å²) in [5.41, 5.74) is 5.89. The van der Waals surface area contributed by atoms with Crippen LogP contribution < -0.4 is 34.0 Å². The van der Waals surface area contributed by atoms with Crippen molar-refractivity contribution in [3.63, 3.8) is 0 Å². The van der Waals surface area contributed by atoms with Gasteiger partial charge in [0.2, 0.25) is 0 Å². The van der Waals surface area contributed by atoms with E-state index in [-0.39, 0.29) is 78.9 Å². The van der Waals surface area contributed by atoms with E-state index in [2.05, 4.69) is 11.5 Å². The minimum Gasteiger partial charge on any atom is -1.00 e. The number of hydrogen-bond acceptors (Lipinski definition) is 2. The number of halogens is 2. The van der Waals surface area contributed by atoms with Crippen LogP contribution in [-0.2, 0) is 48.5 Å². The first-order valence-electron chi connectivity index (χ1n) is 3.39. The van der Waals surface area contributed by atoms with Crippen molar-refractivity contribution in [2.75, 3.05) is 6.61 Å². The third kappa shape index (κ3) is 9.63. The molecule has 1 rings (SSSR count). The molecule has 0 aliphatic heterocycles. The monoisotopic (exact) mass is 434 g/mol. The summed E-state index contributed by atoms with van der Waals surface area (Å²) in [5.74, 6) is -0.308. The van der Waals surface area contributed by atoms with Gasteiger partial charge in [0.1, 0.15) is 0 Å². The molecule has 0 fully saturated rings. The topological polar surface area (TPSA) is 26.3 Å².